The molecule has 1 aliphatic carbocycles. The molecule has 1 heterocycles. The molecule has 0 aromatic heterocycles. The van der Waals surface area contributed by atoms with Gasteiger partial charge in [-0.05, 0) is 66.3 Å². The molecule has 0 amide bonds. The molecule has 1 N–H and O–H groups in total. The highest BCUT2D eigenvalue weighted by Gasteiger charge is 2.42. The lowest BCUT2D eigenvalue weighted by atomic mass is 9.80. The number of rotatable bonds is 2. The molecule has 2 aromatic carbocycles. The lowest BCUT2D eigenvalue weighted by molar-refractivity contribution is 0.286. The Hall–Kier alpha value is -1.87. The van der Waals surface area contributed by atoms with E-state index < -0.39 is 0 Å². The van der Waals surface area contributed by atoms with Gasteiger partial charge in [-0.2, -0.15) is 0 Å². The normalized spacial score (nSPS) is 26.4. The number of piperidine rings is 1. The summed E-state index contributed by atoms with van der Waals surface area (Å²) in [5.74, 6) is 1.51. The molecule has 0 saturated carbocycles. The van der Waals surface area contributed by atoms with Crippen LogP contribution >= 0.6 is 0 Å². The number of halogens is 1. The second-order valence-corrected chi connectivity index (χ2v) is 6.27. The smallest absolute Gasteiger partial charge is 0.123 e. The van der Waals surface area contributed by atoms with Crippen LogP contribution in [0.4, 0.5) is 4.39 Å². The molecule has 0 bridgehead atoms. The van der Waals surface area contributed by atoms with E-state index in [1.54, 1.807) is 13.2 Å². The summed E-state index contributed by atoms with van der Waals surface area (Å²) in [7, 11) is 1.70. The van der Waals surface area contributed by atoms with Gasteiger partial charge >= 0.3 is 0 Å². The molecule has 1 fully saturated rings. The van der Waals surface area contributed by atoms with Crippen LogP contribution < -0.4 is 10.1 Å². The van der Waals surface area contributed by atoms with Gasteiger partial charge in [0.15, 0.2) is 0 Å². The van der Waals surface area contributed by atoms with Gasteiger partial charge in [0.25, 0.3) is 0 Å². The van der Waals surface area contributed by atoms with Gasteiger partial charge in [-0.15, -0.1) is 0 Å². The van der Waals surface area contributed by atoms with Crippen LogP contribution in [0.15, 0.2) is 42.5 Å². The second kappa shape index (κ2) is 5.40. The Kier molecular flexibility index (Phi) is 3.38. The molecular weight excluding hydrogens is 277 g/mol. The summed E-state index contributed by atoms with van der Waals surface area (Å²) in [6.45, 7) is 1.05. The Labute approximate surface area is 130 Å². The fourth-order valence-corrected chi connectivity index (χ4v) is 4.20. The average Bonchev–Trinajstić information content (AvgIpc) is 2.88. The molecule has 0 radical (unpaired) electrons. The van der Waals surface area contributed by atoms with Gasteiger partial charge in [-0.25, -0.2) is 4.39 Å². The van der Waals surface area contributed by atoms with Crippen LogP contribution in [0.5, 0.6) is 5.75 Å². The third-order valence-corrected chi connectivity index (χ3v) is 5.11. The predicted molar refractivity (Wildman–Crippen MR) is 84.7 cm³/mol. The number of benzene rings is 2. The molecule has 4 rings (SSSR count). The van der Waals surface area contributed by atoms with E-state index in [1.165, 1.54) is 30.0 Å². The molecular formula is C19H20FNO. The first-order valence-corrected chi connectivity index (χ1v) is 7.94. The highest BCUT2D eigenvalue weighted by molar-refractivity contribution is 5.49. The largest absolute Gasteiger partial charge is 0.497 e. The standard InChI is InChI=1S/C19H20FNO/c1-22-14-7-8-15-17(11-14)19-16(6-3-9-21-19)18(15)12-4-2-5-13(20)10-12/h2,4-5,7-8,10-11,16,18-19,21H,3,6,9H2,1H3. The van der Waals surface area contributed by atoms with Crippen LogP contribution in [0.1, 0.15) is 41.5 Å². The van der Waals surface area contributed by atoms with E-state index >= 15 is 0 Å². The molecule has 2 aliphatic rings. The topological polar surface area (TPSA) is 21.3 Å². The highest BCUT2D eigenvalue weighted by Crippen LogP contribution is 2.52. The van der Waals surface area contributed by atoms with Crippen molar-refractivity contribution in [3.8, 4) is 5.75 Å². The fourth-order valence-electron chi connectivity index (χ4n) is 4.20. The Bertz CT molecular complexity index is 700. The van der Waals surface area contributed by atoms with Crippen molar-refractivity contribution in [1.29, 1.82) is 0 Å². The zero-order valence-electron chi connectivity index (χ0n) is 12.7. The summed E-state index contributed by atoms with van der Waals surface area (Å²) in [4.78, 5) is 0. The maximum absolute atomic E-state index is 13.7. The maximum Gasteiger partial charge on any atom is 0.123 e. The number of ether oxygens (including phenoxy) is 1. The van der Waals surface area contributed by atoms with Gasteiger partial charge in [0.1, 0.15) is 11.6 Å². The summed E-state index contributed by atoms with van der Waals surface area (Å²) in [5, 5.41) is 3.65. The molecule has 2 aromatic rings. The Morgan fingerprint density at radius 1 is 1.14 bits per heavy atom. The molecule has 3 atom stereocenters. The second-order valence-electron chi connectivity index (χ2n) is 6.27. The Balaban J connectivity index is 1.84. The lowest BCUT2D eigenvalue weighted by Gasteiger charge is -2.31. The van der Waals surface area contributed by atoms with Gasteiger partial charge in [0, 0.05) is 12.0 Å². The minimum Gasteiger partial charge on any atom is -0.497 e. The first-order chi connectivity index (χ1) is 10.8. The number of nitrogens with one attached hydrogen (secondary N) is 1. The molecule has 0 spiro atoms. The van der Waals surface area contributed by atoms with Crippen molar-refractivity contribution in [2.24, 2.45) is 5.92 Å². The molecule has 3 heteroatoms. The van der Waals surface area contributed by atoms with E-state index in [-0.39, 0.29) is 11.7 Å². The zero-order valence-corrected chi connectivity index (χ0v) is 12.7. The molecule has 22 heavy (non-hydrogen) atoms. The van der Waals surface area contributed by atoms with Gasteiger partial charge in [0.05, 0.1) is 7.11 Å². The van der Waals surface area contributed by atoms with Crippen LogP contribution in [0.25, 0.3) is 0 Å². The lowest BCUT2D eigenvalue weighted by Crippen LogP contribution is -2.32. The first kappa shape index (κ1) is 13.8. The third-order valence-electron chi connectivity index (χ3n) is 5.11. The molecule has 2 nitrogen and oxygen atoms in total. The van der Waals surface area contributed by atoms with Crippen LogP contribution in [0, 0.1) is 11.7 Å². The zero-order chi connectivity index (χ0) is 15.1. The summed E-state index contributed by atoms with van der Waals surface area (Å²) in [5.41, 5.74) is 3.72. The minimum atomic E-state index is -0.153. The first-order valence-electron chi connectivity index (χ1n) is 7.94. The van der Waals surface area contributed by atoms with Crippen LogP contribution in [-0.4, -0.2) is 13.7 Å². The van der Waals surface area contributed by atoms with E-state index in [0.29, 0.717) is 12.0 Å². The van der Waals surface area contributed by atoms with Crippen molar-refractivity contribution in [2.45, 2.75) is 24.8 Å². The third kappa shape index (κ3) is 2.12. The number of hydrogen-bond acceptors (Lipinski definition) is 2. The SMILES string of the molecule is COc1ccc2c(c1)C1NCCCC1C2c1cccc(F)c1. The van der Waals surface area contributed by atoms with Crippen molar-refractivity contribution < 1.29 is 9.13 Å². The van der Waals surface area contributed by atoms with Gasteiger partial charge in [0.2, 0.25) is 0 Å². The number of hydrogen-bond donors (Lipinski definition) is 1. The van der Waals surface area contributed by atoms with Gasteiger partial charge < -0.3 is 10.1 Å². The summed E-state index contributed by atoms with van der Waals surface area (Å²) in [6, 6.07) is 13.7. The highest BCUT2D eigenvalue weighted by atomic mass is 19.1. The Morgan fingerprint density at radius 2 is 2.05 bits per heavy atom. The van der Waals surface area contributed by atoms with Crippen molar-refractivity contribution in [2.75, 3.05) is 13.7 Å². The molecule has 1 saturated heterocycles. The number of methoxy groups -OCH3 is 1. The predicted octanol–water partition coefficient (Wildman–Crippen LogP) is 4.02. The molecule has 3 unspecified atom stereocenters. The van der Waals surface area contributed by atoms with Gasteiger partial charge in [-0.3, -0.25) is 0 Å². The summed E-state index contributed by atoms with van der Waals surface area (Å²) >= 11 is 0. The van der Waals surface area contributed by atoms with Crippen molar-refractivity contribution in [3.63, 3.8) is 0 Å². The van der Waals surface area contributed by atoms with E-state index in [1.807, 2.05) is 12.1 Å². The monoisotopic (exact) mass is 297 g/mol. The minimum absolute atomic E-state index is 0.153. The number of fused-ring (bicyclic) bond motifs is 3. The quantitative estimate of drug-likeness (QED) is 0.904. The van der Waals surface area contributed by atoms with E-state index in [2.05, 4.69) is 23.5 Å². The van der Waals surface area contributed by atoms with Crippen molar-refractivity contribution in [1.82, 2.24) is 5.32 Å². The van der Waals surface area contributed by atoms with Crippen molar-refractivity contribution in [3.05, 3.63) is 65.0 Å². The molecule has 114 valence electrons. The van der Waals surface area contributed by atoms with Crippen molar-refractivity contribution >= 4 is 0 Å². The van der Waals surface area contributed by atoms with Crippen LogP contribution in [0.3, 0.4) is 0 Å². The van der Waals surface area contributed by atoms with Crippen LogP contribution in [0.2, 0.25) is 0 Å². The maximum atomic E-state index is 13.7. The van der Waals surface area contributed by atoms with E-state index in [4.69, 9.17) is 4.74 Å². The van der Waals surface area contributed by atoms with Gasteiger partial charge in [-0.1, -0.05) is 18.2 Å². The van der Waals surface area contributed by atoms with E-state index in [9.17, 15) is 4.39 Å². The summed E-state index contributed by atoms with van der Waals surface area (Å²) in [6.07, 6.45) is 2.36. The molecule has 1 aliphatic heterocycles. The Morgan fingerprint density at radius 3 is 2.86 bits per heavy atom. The average molecular weight is 297 g/mol. The summed E-state index contributed by atoms with van der Waals surface area (Å²) < 4.78 is 19.1. The van der Waals surface area contributed by atoms with E-state index in [0.717, 1.165) is 17.9 Å². The van der Waals surface area contributed by atoms with Crippen LogP contribution in [-0.2, 0) is 0 Å². The fraction of sp³-hybridized carbons (Fsp3) is 0.368.